The van der Waals surface area contributed by atoms with Gasteiger partial charge in [0.2, 0.25) is 11.8 Å². The molecule has 1 aromatic heterocycles. The van der Waals surface area contributed by atoms with Crippen molar-refractivity contribution in [2.24, 2.45) is 0 Å². The fraction of sp³-hybridized carbons (Fsp3) is 0.222. The van der Waals surface area contributed by atoms with E-state index in [0.717, 1.165) is 16.8 Å². The monoisotopic (exact) mass is 355 g/mol. The highest BCUT2D eigenvalue weighted by molar-refractivity contribution is 6.30. The number of rotatable bonds is 2. The smallest absolute Gasteiger partial charge is 0.255 e. The number of piperidine rings is 1. The lowest BCUT2D eigenvalue weighted by Gasteiger charge is -2.29. The molecule has 1 fully saturated rings. The largest absolute Gasteiger partial charge is 0.322 e. The number of amides is 3. The lowest BCUT2D eigenvalue weighted by atomic mass is 10.0. The second-order valence-electron chi connectivity index (χ2n) is 6.13. The van der Waals surface area contributed by atoms with Crippen molar-refractivity contribution in [1.82, 2.24) is 15.2 Å². The molecule has 0 radical (unpaired) electrons. The van der Waals surface area contributed by atoms with Crippen LogP contribution in [0.25, 0.3) is 11.3 Å². The van der Waals surface area contributed by atoms with Gasteiger partial charge in [0.15, 0.2) is 0 Å². The molecule has 25 heavy (non-hydrogen) atoms. The first-order valence-electron chi connectivity index (χ1n) is 7.92. The van der Waals surface area contributed by atoms with Crippen LogP contribution in [0.15, 0.2) is 36.5 Å². The van der Waals surface area contributed by atoms with E-state index in [1.54, 1.807) is 24.4 Å². The van der Waals surface area contributed by atoms with Gasteiger partial charge in [0.05, 0.1) is 5.69 Å². The van der Waals surface area contributed by atoms with Crippen LogP contribution in [0.4, 0.5) is 0 Å². The van der Waals surface area contributed by atoms with Crippen molar-refractivity contribution >= 4 is 29.3 Å². The summed E-state index contributed by atoms with van der Waals surface area (Å²) in [5.41, 5.74) is 3.01. The zero-order chi connectivity index (χ0) is 17.6. The normalized spacial score (nSPS) is 19.8. The SMILES string of the molecule is O=C1CCC(N2Cc3cc(-c4cc(Cl)ccn4)ccc3C2=O)C(=O)N1. The van der Waals surface area contributed by atoms with Crippen LogP contribution in [-0.2, 0) is 16.1 Å². The number of hydrogen-bond acceptors (Lipinski definition) is 4. The molecule has 2 aliphatic heterocycles. The third kappa shape index (κ3) is 2.78. The fourth-order valence-corrected chi connectivity index (χ4v) is 3.46. The summed E-state index contributed by atoms with van der Waals surface area (Å²) in [5, 5.41) is 2.89. The summed E-state index contributed by atoms with van der Waals surface area (Å²) >= 11 is 6.01. The van der Waals surface area contributed by atoms with Gasteiger partial charge in [0.1, 0.15) is 6.04 Å². The minimum absolute atomic E-state index is 0.185. The van der Waals surface area contributed by atoms with E-state index in [-0.39, 0.29) is 18.2 Å². The van der Waals surface area contributed by atoms with E-state index in [0.29, 0.717) is 23.6 Å². The number of nitrogens with zero attached hydrogens (tertiary/aromatic N) is 2. The number of fused-ring (bicyclic) bond motifs is 1. The first-order valence-corrected chi connectivity index (χ1v) is 8.30. The number of benzene rings is 1. The number of imide groups is 1. The van der Waals surface area contributed by atoms with E-state index >= 15 is 0 Å². The zero-order valence-electron chi connectivity index (χ0n) is 13.2. The van der Waals surface area contributed by atoms with Crippen LogP contribution in [0, 0.1) is 0 Å². The quantitative estimate of drug-likeness (QED) is 0.837. The van der Waals surface area contributed by atoms with Gasteiger partial charge in [0, 0.05) is 35.3 Å². The average molecular weight is 356 g/mol. The molecule has 2 aromatic rings. The molecule has 0 bridgehead atoms. The highest BCUT2D eigenvalue weighted by Gasteiger charge is 2.39. The Morgan fingerprint density at radius 3 is 2.76 bits per heavy atom. The number of carbonyl (C=O) groups is 3. The minimum atomic E-state index is -0.606. The molecule has 0 saturated carbocycles. The number of aromatic nitrogens is 1. The number of hydrogen-bond donors (Lipinski definition) is 1. The zero-order valence-corrected chi connectivity index (χ0v) is 13.9. The van der Waals surface area contributed by atoms with Gasteiger partial charge in [-0.2, -0.15) is 0 Å². The van der Waals surface area contributed by atoms with Crippen molar-refractivity contribution < 1.29 is 14.4 Å². The predicted molar refractivity (Wildman–Crippen MR) is 90.7 cm³/mol. The van der Waals surface area contributed by atoms with Crippen LogP contribution in [0.5, 0.6) is 0 Å². The van der Waals surface area contributed by atoms with Gasteiger partial charge >= 0.3 is 0 Å². The molecular formula is C18H14ClN3O3. The van der Waals surface area contributed by atoms with Gasteiger partial charge < -0.3 is 4.90 Å². The predicted octanol–water partition coefficient (Wildman–Crippen LogP) is 2.16. The molecule has 7 heteroatoms. The summed E-state index contributed by atoms with van der Waals surface area (Å²) in [7, 11) is 0. The molecule has 3 heterocycles. The summed E-state index contributed by atoms with van der Waals surface area (Å²) in [4.78, 5) is 41.9. The Labute approximate surface area is 148 Å². The van der Waals surface area contributed by atoms with Crippen molar-refractivity contribution in [3.63, 3.8) is 0 Å². The summed E-state index contributed by atoms with van der Waals surface area (Å²) in [6.45, 7) is 0.342. The third-order valence-electron chi connectivity index (χ3n) is 4.54. The third-order valence-corrected chi connectivity index (χ3v) is 4.78. The first kappa shape index (κ1) is 15.8. The maximum atomic E-state index is 12.6. The van der Waals surface area contributed by atoms with Gasteiger partial charge in [-0.3, -0.25) is 24.7 Å². The highest BCUT2D eigenvalue weighted by Crippen LogP contribution is 2.31. The molecule has 6 nitrogen and oxygen atoms in total. The minimum Gasteiger partial charge on any atom is -0.322 e. The summed E-state index contributed by atoms with van der Waals surface area (Å²) in [6, 6.07) is 8.33. The van der Waals surface area contributed by atoms with Crippen LogP contribution < -0.4 is 5.32 Å². The summed E-state index contributed by atoms with van der Waals surface area (Å²) in [6.07, 6.45) is 2.23. The van der Waals surface area contributed by atoms with Crippen molar-refractivity contribution in [2.75, 3.05) is 0 Å². The molecule has 1 unspecified atom stereocenters. The van der Waals surface area contributed by atoms with Gasteiger partial charge in [-0.25, -0.2) is 0 Å². The number of nitrogens with one attached hydrogen (secondary N) is 1. The maximum absolute atomic E-state index is 12.6. The van der Waals surface area contributed by atoms with E-state index in [4.69, 9.17) is 11.6 Å². The van der Waals surface area contributed by atoms with E-state index in [9.17, 15) is 14.4 Å². The standard InChI is InChI=1S/C18H14ClN3O3/c19-12-5-6-20-14(8-12)10-1-2-13-11(7-10)9-22(18(13)25)15-3-4-16(23)21-17(15)24/h1-2,5-8,15H,3-4,9H2,(H,21,23,24). The Bertz CT molecular complexity index is 912. The topological polar surface area (TPSA) is 79.4 Å². The van der Waals surface area contributed by atoms with Gasteiger partial charge in [0.25, 0.3) is 5.91 Å². The Kier molecular flexibility index (Phi) is 3.77. The molecule has 0 spiro atoms. The molecule has 1 atom stereocenters. The second-order valence-corrected chi connectivity index (χ2v) is 6.57. The van der Waals surface area contributed by atoms with Crippen LogP contribution in [0.3, 0.4) is 0 Å². The molecule has 1 N–H and O–H groups in total. The van der Waals surface area contributed by atoms with Crippen LogP contribution in [0.1, 0.15) is 28.8 Å². The molecule has 2 aliphatic rings. The second kappa shape index (κ2) is 5.97. The number of carbonyl (C=O) groups excluding carboxylic acids is 3. The Morgan fingerprint density at radius 2 is 2.00 bits per heavy atom. The summed E-state index contributed by atoms with van der Waals surface area (Å²) < 4.78 is 0. The van der Waals surface area contributed by atoms with Crippen molar-refractivity contribution in [2.45, 2.75) is 25.4 Å². The molecule has 1 saturated heterocycles. The van der Waals surface area contributed by atoms with Crippen molar-refractivity contribution in [3.05, 3.63) is 52.7 Å². The lowest BCUT2D eigenvalue weighted by Crippen LogP contribution is -2.52. The van der Waals surface area contributed by atoms with Gasteiger partial charge in [-0.1, -0.05) is 17.7 Å². The molecule has 0 aliphatic carbocycles. The van der Waals surface area contributed by atoms with Gasteiger partial charge in [-0.05, 0) is 36.2 Å². The Balaban J connectivity index is 1.63. The lowest BCUT2D eigenvalue weighted by molar-refractivity contribution is -0.136. The Morgan fingerprint density at radius 1 is 1.16 bits per heavy atom. The van der Waals surface area contributed by atoms with E-state index in [1.807, 2.05) is 12.1 Å². The van der Waals surface area contributed by atoms with E-state index in [2.05, 4.69) is 10.3 Å². The average Bonchev–Trinajstić information content (AvgIpc) is 2.91. The fourth-order valence-electron chi connectivity index (χ4n) is 3.30. The molecule has 126 valence electrons. The van der Waals surface area contributed by atoms with Crippen molar-refractivity contribution in [1.29, 1.82) is 0 Å². The Hall–Kier alpha value is -2.73. The van der Waals surface area contributed by atoms with E-state index < -0.39 is 11.9 Å². The van der Waals surface area contributed by atoms with Crippen molar-refractivity contribution in [3.8, 4) is 11.3 Å². The number of halogens is 1. The van der Waals surface area contributed by atoms with Crippen LogP contribution in [-0.4, -0.2) is 33.6 Å². The van der Waals surface area contributed by atoms with E-state index in [1.165, 1.54) is 4.90 Å². The molecule has 4 rings (SSSR count). The van der Waals surface area contributed by atoms with Crippen LogP contribution >= 0.6 is 11.6 Å². The maximum Gasteiger partial charge on any atom is 0.255 e. The molecular weight excluding hydrogens is 342 g/mol. The summed E-state index contributed by atoms with van der Waals surface area (Å²) in [5.74, 6) is -0.885. The molecule has 1 aromatic carbocycles. The first-order chi connectivity index (χ1) is 12.0. The number of pyridine rings is 1. The highest BCUT2D eigenvalue weighted by atomic mass is 35.5. The molecule has 3 amide bonds. The van der Waals surface area contributed by atoms with Crippen LogP contribution in [0.2, 0.25) is 5.02 Å². The van der Waals surface area contributed by atoms with Gasteiger partial charge in [-0.15, -0.1) is 0 Å².